The lowest BCUT2D eigenvalue weighted by atomic mass is 10.1. The number of hydrogen-bond acceptors (Lipinski definition) is 3. The van der Waals surface area contributed by atoms with Gasteiger partial charge in [-0.25, -0.2) is 9.97 Å². The third kappa shape index (κ3) is 1.62. The first-order valence-corrected chi connectivity index (χ1v) is 5.80. The third-order valence-electron chi connectivity index (χ3n) is 2.79. The van der Waals surface area contributed by atoms with Crippen molar-refractivity contribution in [3.8, 4) is 17.0 Å². The van der Waals surface area contributed by atoms with Gasteiger partial charge in [-0.05, 0) is 18.2 Å². The Bertz CT molecular complexity index is 708. The molecule has 0 amide bonds. The summed E-state index contributed by atoms with van der Waals surface area (Å²) in [5.74, 6) is 0.424. The molecule has 0 aliphatic carbocycles. The summed E-state index contributed by atoms with van der Waals surface area (Å²) in [6.07, 6.45) is 5.31. The van der Waals surface area contributed by atoms with Crippen LogP contribution >= 0.6 is 11.6 Å². The van der Waals surface area contributed by atoms with Crippen molar-refractivity contribution >= 4 is 22.6 Å². The molecular formula is C13H10ClN3O. The Hall–Kier alpha value is -2.07. The van der Waals surface area contributed by atoms with Crippen LogP contribution in [0.4, 0.5) is 0 Å². The monoisotopic (exact) mass is 259 g/mol. The van der Waals surface area contributed by atoms with Crippen LogP contribution in [-0.2, 0) is 0 Å². The lowest BCUT2D eigenvalue weighted by Crippen LogP contribution is -1.90. The molecule has 4 nitrogen and oxygen atoms in total. The number of aromatic amines is 1. The molecule has 0 saturated carbocycles. The number of hydrogen-bond donors (Lipinski definition) is 1. The Balaban J connectivity index is 2.26. The van der Waals surface area contributed by atoms with Crippen molar-refractivity contribution in [3.05, 3.63) is 41.8 Å². The van der Waals surface area contributed by atoms with E-state index in [2.05, 4.69) is 15.0 Å². The maximum absolute atomic E-state index is 6.28. The molecule has 3 rings (SSSR count). The molecule has 90 valence electrons. The molecule has 0 aromatic carbocycles. The molecule has 1 N–H and O–H groups in total. The van der Waals surface area contributed by atoms with E-state index in [-0.39, 0.29) is 0 Å². The molecule has 18 heavy (non-hydrogen) atoms. The average molecular weight is 260 g/mol. The molecule has 5 heteroatoms. The van der Waals surface area contributed by atoms with E-state index in [0.717, 1.165) is 22.2 Å². The predicted molar refractivity (Wildman–Crippen MR) is 70.9 cm³/mol. The second-order valence-electron chi connectivity index (χ2n) is 3.78. The molecule has 0 atom stereocenters. The number of nitrogens with zero attached hydrogens (tertiary/aromatic N) is 2. The van der Waals surface area contributed by atoms with Crippen molar-refractivity contribution < 1.29 is 4.74 Å². The van der Waals surface area contributed by atoms with E-state index in [1.807, 2.05) is 24.4 Å². The Labute approximate surface area is 109 Å². The summed E-state index contributed by atoms with van der Waals surface area (Å²) >= 11 is 6.28. The fourth-order valence-corrected chi connectivity index (χ4v) is 2.24. The normalized spacial score (nSPS) is 10.8. The van der Waals surface area contributed by atoms with Gasteiger partial charge in [-0.1, -0.05) is 11.6 Å². The highest BCUT2D eigenvalue weighted by Gasteiger charge is 2.13. The fraction of sp³-hybridized carbons (Fsp3) is 0.0769. The van der Waals surface area contributed by atoms with Crippen LogP contribution < -0.4 is 4.74 Å². The van der Waals surface area contributed by atoms with E-state index in [1.165, 1.54) is 0 Å². The highest BCUT2D eigenvalue weighted by molar-refractivity contribution is 6.35. The molecule has 0 radical (unpaired) electrons. The second-order valence-corrected chi connectivity index (χ2v) is 4.16. The van der Waals surface area contributed by atoms with Gasteiger partial charge in [0.15, 0.2) is 0 Å². The zero-order valence-corrected chi connectivity index (χ0v) is 10.4. The number of fused-ring (bicyclic) bond motifs is 1. The molecule has 0 aliphatic rings. The van der Waals surface area contributed by atoms with Crippen molar-refractivity contribution in [2.45, 2.75) is 0 Å². The van der Waals surface area contributed by atoms with Crippen molar-refractivity contribution in [2.75, 3.05) is 7.11 Å². The first-order valence-electron chi connectivity index (χ1n) is 5.42. The Kier molecular flexibility index (Phi) is 2.64. The number of ether oxygens (including phenoxy) is 1. The number of halogens is 1. The lowest BCUT2D eigenvalue weighted by molar-refractivity contribution is 0.398. The second kappa shape index (κ2) is 4.31. The maximum atomic E-state index is 6.28. The van der Waals surface area contributed by atoms with Gasteiger partial charge in [0.2, 0.25) is 5.88 Å². The number of nitrogens with one attached hydrogen (secondary N) is 1. The van der Waals surface area contributed by atoms with E-state index in [9.17, 15) is 0 Å². The van der Waals surface area contributed by atoms with Crippen molar-refractivity contribution in [1.29, 1.82) is 0 Å². The van der Waals surface area contributed by atoms with E-state index in [4.69, 9.17) is 16.3 Å². The zero-order valence-electron chi connectivity index (χ0n) is 9.64. The van der Waals surface area contributed by atoms with Crippen LogP contribution in [0.15, 0.2) is 36.8 Å². The summed E-state index contributed by atoms with van der Waals surface area (Å²) in [4.78, 5) is 11.4. The minimum Gasteiger partial charge on any atom is -0.480 e. The van der Waals surface area contributed by atoms with Crippen LogP contribution in [0.2, 0.25) is 5.02 Å². The standard InChI is InChI=1S/C13H10ClN3O/c1-18-13-11(14)8(4-6-16-13)10-7-17-12-9(10)3-2-5-15-12/h2-7H,1H3,(H,15,17). The van der Waals surface area contributed by atoms with E-state index in [0.29, 0.717) is 10.9 Å². The Morgan fingerprint density at radius 3 is 2.89 bits per heavy atom. The van der Waals surface area contributed by atoms with Gasteiger partial charge in [0.1, 0.15) is 10.7 Å². The number of H-pyrrole nitrogens is 1. The van der Waals surface area contributed by atoms with Crippen LogP contribution in [-0.4, -0.2) is 22.1 Å². The zero-order chi connectivity index (χ0) is 12.5. The Morgan fingerprint density at radius 2 is 2.06 bits per heavy atom. The predicted octanol–water partition coefficient (Wildman–Crippen LogP) is 3.29. The molecule has 3 heterocycles. The molecule has 0 fully saturated rings. The molecule has 3 aromatic heterocycles. The van der Waals surface area contributed by atoms with Gasteiger partial charge in [0.05, 0.1) is 7.11 Å². The number of methoxy groups -OCH3 is 1. The van der Waals surface area contributed by atoms with Gasteiger partial charge < -0.3 is 9.72 Å². The summed E-state index contributed by atoms with van der Waals surface area (Å²) in [6, 6.07) is 5.75. The number of aromatic nitrogens is 3. The van der Waals surface area contributed by atoms with Gasteiger partial charge in [-0.3, -0.25) is 0 Å². The van der Waals surface area contributed by atoms with Gasteiger partial charge in [-0.15, -0.1) is 0 Å². The largest absolute Gasteiger partial charge is 0.480 e. The highest BCUT2D eigenvalue weighted by atomic mass is 35.5. The summed E-state index contributed by atoms with van der Waals surface area (Å²) in [5, 5.41) is 1.53. The first kappa shape index (κ1) is 11.0. The molecule has 0 unspecified atom stereocenters. The van der Waals surface area contributed by atoms with Crippen LogP contribution in [0, 0.1) is 0 Å². The highest BCUT2D eigenvalue weighted by Crippen LogP contribution is 2.36. The topological polar surface area (TPSA) is 50.8 Å². The SMILES string of the molecule is COc1nccc(-c2c[nH]c3ncccc23)c1Cl. The minimum atomic E-state index is 0.424. The lowest BCUT2D eigenvalue weighted by Gasteiger charge is -2.06. The number of pyridine rings is 2. The van der Waals surface area contributed by atoms with E-state index < -0.39 is 0 Å². The van der Waals surface area contributed by atoms with Crippen LogP contribution in [0.3, 0.4) is 0 Å². The van der Waals surface area contributed by atoms with Gasteiger partial charge in [0.25, 0.3) is 0 Å². The smallest absolute Gasteiger partial charge is 0.232 e. The van der Waals surface area contributed by atoms with Crippen LogP contribution in [0.5, 0.6) is 5.88 Å². The average Bonchev–Trinajstić information content (AvgIpc) is 2.83. The quantitative estimate of drug-likeness (QED) is 0.768. The molecule has 0 bridgehead atoms. The van der Waals surface area contributed by atoms with Crippen molar-refractivity contribution in [2.24, 2.45) is 0 Å². The number of rotatable bonds is 2. The van der Waals surface area contributed by atoms with Crippen LogP contribution in [0.25, 0.3) is 22.2 Å². The van der Waals surface area contributed by atoms with Crippen molar-refractivity contribution in [1.82, 2.24) is 15.0 Å². The molecule has 0 spiro atoms. The summed E-state index contributed by atoms with van der Waals surface area (Å²) in [7, 11) is 1.55. The molecule has 0 aliphatic heterocycles. The summed E-state index contributed by atoms with van der Waals surface area (Å²) in [6.45, 7) is 0. The van der Waals surface area contributed by atoms with Gasteiger partial charge in [0, 0.05) is 35.1 Å². The van der Waals surface area contributed by atoms with Gasteiger partial charge >= 0.3 is 0 Å². The maximum Gasteiger partial charge on any atom is 0.232 e. The van der Waals surface area contributed by atoms with Gasteiger partial charge in [-0.2, -0.15) is 0 Å². The minimum absolute atomic E-state index is 0.424. The summed E-state index contributed by atoms with van der Waals surface area (Å²) < 4.78 is 5.13. The van der Waals surface area contributed by atoms with E-state index in [1.54, 1.807) is 19.5 Å². The molecular weight excluding hydrogens is 250 g/mol. The fourth-order valence-electron chi connectivity index (χ4n) is 1.95. The van der Waals surface area contributed by atoms with Crippen LogP contribution in [0.1, 0.15) is 0 Å². The molecule has 0 saturated heterocycles. The third-order valence-corrected chi connectivity index (χ3v) is 3.16. The first-order chi connectivity index (χ1) is 8.81. The Morgan fingerprint density at radius 1 is 1.17 bits per heavy atom. The van der Waals surface area contributed by atoms with E-state index >= 15 is 0 Å². The van der Waals surface area contributed by atoms with Crippen molar-refractivity contribution in [3.63, 3.8) is 0 Å². The summed E-state index contributed by atoms with van der Waals surface area (Å²) in [5.41, 5.74) is 2.70. The molecule has 3 aromatic rings.